The van der Waals surface area contributed by atoms with Gasteiger partial charge in [-0.05, 0) is 23.4 Å². The van der Waals surface area contributed by atoms with Crippen molar-refractivity contribution < 1.29 is 0 Å². The summed E-state index contributed by atoms with van der Waals surface area (Å²) in [5.74, 6) is 0. The predicted octanol–water partition coefficient (Wildman–Crippen LogP) is 1.85. The highest BCUT2D eigenvalue weighted by Gasteiger charge is 1.73. The van der Waals surface area contributed by atoms with Gasteiger partial charge in [-0.3, -0.25) is 0 Å². The van der Waals surface area contributed by atoms with Crippen molar-refractivity contribution in [1.82, 2.24) is 15.4 Å². The van der Waals surface area contributed by atoms with Gasteiger partial charge in [0.1, 0.15) is 0 Å². The first-order chi connectivity index (χ1) is 6.39. The van der Waals surface area contributed by atoms with Crippen LogP contribution in [0.2, 0.25) is 0 Å². The molecule has 0 spiro atoms. The van der Waals surface area contributed by atoms with Crippen LogP contribution in [0.4, 0.5) is 0 Å². The number of thiol groups is 1. The Kier molecular flexibility index (Phi) is 4.56. The Labute approximate surface area is 82.2 Å². The standard InChI is InChI=1S/C6H6S.C3H3N3/c7-6-4-2-1-3-5-6;1-2-4-6-5-3-1/h1-5,7H;1-3H. The third kappa shape index (κ3) is 4.92. The Morgan fingerprint density at radius 2 is 1.46 bits per heavy atom. The molecule has 0 unspecified atom stereocenters. The SMILES string of the molecule is Sc1ccccc1.c1cnnnc1. The summed E-state index contributed by atoms with van der Waals surface area (Å²) in [6.45, 7) is 0. The van der Waals surface area contributed by atoms with Crippen molar-refractivity contribution in [2.45, 2.75) is 4.90 Å². The van der Waals surface area contributed by atoms with Crippen LogP contribution in [-0.4, -0.2) is 15.4 Å². The molecular formula is C9H9N3S. The Morgan fingerprint density at radius 1 is 0.846 bits per heavy atom. The maximum absolute atomic E-state index is 4.08. The van der Waals surface area contributed by atoms with Gasteiger partial charge in [0.2, 0.25) is 0 Å². The number of hydrogen-bond acceptors (Lipinski definition) is 4. The lowest BCUT2D eigenvalue weighted by Gasteiger charge is -1.81. The lowest BCUT2D eigenvalue weighted by molar-refractivity contribution is 0.865. The fraction of sp³-hybridized carbons (Fsp3) is 0. The van der Waals surface area contributed by atoms with E-state index >= 15 is 0 Å². The summed E-state index contributed by atoms with van der Waals surface area (Å²) in [4.78, 5) is 1.02. The van der Waals surface area contributed by atoms with E-state index < -0.39 is 0 Å². The summed E-state index contributed by atoms with van der Waals surface area (Å²) in [5, 5.41) is 10.1. The molecule has 0 saturated heterocycles. The van der Waals surface area contributed by atoms with Crippen molar-refractivity contribution in [2.75, 3.05) is 0 Å². The third-order valence-electron chi connectivity index (χ3n) is 1.16. The fourth-order valence-electron chi connectivity index (χ4n) is 0.633. The van der Waals surface area contributed by atoms with Crippen LogP contribution in [0.25, 0.3) is 0 Å². The van der Waals surface area contributed by atoms with E-state index in [0.29, 0.717) is 0 Å². The second kappa shape index (κ2) is 6.14. The summed E-state index contributed by atoms with van der Waals surface area (Å²) >= 11 is 4.08. The van der Waals surface area contributed by atoms with E-state index in [4.69, 9.17) is 0 Å². The molecule has 0 saturated carbocycles. The van der Waals surface area contributed by atoms with E-state index in [2.05, 4.69) is 28.0 Å². The molecule has 2 aromatic rings. The van der Waals surface area contributed by atoms with Crippen molar-refractivity contribution in [3.8, 4) is 0 Å². The average Bonchev–Trinajstić information content (AvgIpc) is 2.22. The molecule has 1 heterocycles. The Bertz CT molecular complexity index is 285. The van der Waals surface area contributed by atoms with Crippen LogP contribution in [0.15, 0.2) is 53.7 Å². The number of hydrogen-bond donors (Lipinski definition) is 1. The zero-order valence-electron chi connectivity index (χ0n) is 6.91. The molecule has 0 N–H and O–H groups in total. The van der Waals surface area contributed by atoms with Gasteiger partial charge in [0.25, 0.3) is 0 Å². The number of benzene rings is 1. The molecule has 0 amide bonds. The quantitative estimate of drug-likeness (QED) is 0.646. The van der Waals surface area contributed by atoms with Gasteiger partial charge >= 0.3 is 0 Å². The summed E-state index contributed by atoms with van der Waals surface area (Å²) in [5.41, 5.74) is 0. The van der Waals surface area contributed by atoms with Gasteiger partial charge < -0.3 is 0 Å². The number of aromatic nitrogens is 3. The Morgan fingerprint density at radius 3 is 1.69 bits per heavy atom. The maximum Gasteiger partial charge on any atom is 0.0529 e. The summed E-state index contributed by atoms with van der Waals surface area (Å²) in [7, 11) is 0. The van der Waals surface area contributed by atoms with Gasteiger partial charge in [-0.15, -0.1) is 22.8 Å². The molecule has 66 valence electrons. The first-order valence-electron chi connectivity index (χ1n) is 3.72. The van der Waals surface area contributed by atoms with Crippen molar-refractivity contribution in [3.63, 3.8) is 0 Å². The van der Waals surface area contributed by atoms with Gasteiger partial charge in [0.05, 0.1) is 12.4 Å². The molecule has 1 aromatic heterocycles. The predicted molar refractivity (Wildman–Crippen MR) is 53.5 cm³/mol. The number of rotatable bonds is 0. The highest BCUT2D eigenvalue weighted by atomic mass is 32.1. The van der Waals surface area contributed by atoms with Gasteiger partial charge in [0, 0.05) is 4.90 Å². The Balaban J connectivity index is 0.000000132. The molecule has 0 atom stereocenters. The minimum absolute atomic E-state index is 1.02. The zero-order chi connectivity index (χ0) is 9.36. The monoisotopic (exact) mass is 191 g/mol. The zero-order valence-corrected chi connectivity index (χ0v) is 7.80. The topological polar surface area (TPSA) is 38.7 Å². The molecule has 0 fully saturated rings. The van der Waals surface area contributed by atoms with Crippen molar-refractivity contribution in [3.05, 3.63) is 48.8 Å². The van der Waals surface area contributed by atoms with Gasteiger partial charge in [-0.25, -0.2) is 0 Å². The normalized spacial score (nSPS) is 8.38. The van der Waals surface area contributed by atoms with Crippen LogP contribution < -0.4 is 0 Å². The average molecular weight is 191 g/mol. The summed E-state index contributed by atoms with van der Waals surface area (Å²) < 4.78 is 0. The highest BCUT2D eigenvalue weighted by Crippen LogP contribution is 2.00. The van der Waals surface area contributed by atoms with Gasteiger partial charge in [-0.2, -0.15) is 0 Å². The molecule has 0 aliphatic rings. The fourth-order valence-corrected chi connectivity index (χ4v) is 0.805. The maximum atomic E-state index is 4.08. The van der Waals surface area contributed by atoms with E-state index in [1.54, 1.807) is 18.5 Å². The summed E-state index contributed by atoms with van der Waals surface area (Å²) in [6.07, 6.45) is 3.15. The van der Waals surface area contributed by atoms with Crippen LogP contribution >= 0.6 is 12.6 Å². The first-order valence-corrected chi connectivity index (χ1v) is 4.16. The van der Waals surface area contributed by atoms with Crippen LogP contribution in [-0.2, 0) is 0 Å². The van der Waals surface area contributed by atoms with E-state index in [-0.39, 0.29) is 0 Å². The molecular weight excluding hydrogens is 182 g/mol. The molecule has 2 rings (SSSR count). The number of nitrogens with zero attached hydrogens (tertiary/aromatic N) is 3. The molecule has 1 aromatic carbocycles. The van der Waals surface area contributed by atoms with E-state index in [1.165, 1.54) is 0 Å². The van der Waals surface area contributed by atoms with Crippen LogP contribution in [0.3, 0.4) is 0 Å². The lowest BCUT2D eigenvalue weighted by atomic mass is 10.4. The van der Waals surface area contributed by atoms with Gasteiger partial charge in [0.15, 0.2) is 0 Å². The van der Waals surface area contributed by atoms with Crippen molar-refractivity contribution >= 4 is 12.6 Å². The van der Waals surface area contributed by atoms with Crippen molar-refractivity contribution in [1.29, 1.82) is 0 Å². The molecule has 0 aliphatic carbocycles. The molecule has 3 nitrogen and oxygen atoms in total. The first kappa shape index (κ1) is 9.67. The highest BCUT2D eigenvalue weighted by molar-refractivity contribution is 7.80. The minimum Gasteiger partial charge on any atom is -0.143 e. The third-order valence-corrected chi connectivity index (χ3v) is 1.46. The molecule has 4 heteroatoms. The van der Waals surface area contributed by atoms with Crippen LogP contribution in [0.1, 0.15) is 0 Å². The molecule has 0 aliphatic heterocycles. The molecule has 13 heavy (non-hydrogen) atoms. The minimum atomic E-state index is 1.02. The summed E-state index contributed by atoms with van der Waals surface area (Å²) in [6, 6.07) is 11.5. The van der Waals surface area contributed by atoms with Crippen LogP contribution in [0.5, 0.6) is 0 Å². The second-order valence-corrected chi connectivity index (χ2v) is 2.66. The molecule has 0 radical (unpaired) electrons. The van der Waals surface area contributed by atoms with Crippen LogP contribution in [0, 0.1) is 0 Å². The van der Waals surface area contributed by atoms with Gasteiger partial charge in [-0.1, -0.05) is 18.2 Å². The molecule has 0 bridgehead atoms. The smallest absolute Gasteiger partial charge is 0.0529 e. The van der Waals surface area contributed by atoms with Crippen molar-refractivity contribution in [2.24, 2.45) is 0 Å². The van der Waals surface area contributed by atoms with E-state index in [9.17, 15) is 0 Å². The Hall–Kier alpha value is -1.42. The van der Waals surface area contributed by atoms with E-state index in [0.717, 1.165) is 4.90 Å². The largest absolute Gasteiger partial charge is 0.143 e. The second-order valence-electron chi connectivity index (χ2n) is 2.15. The van der Waals surface area contributed by atoms with E-state index in [1.807, 2.05) is 30.3 Å². The lowest BCUT2D eigenvalue weighted by Crippen LogP contribution is -1.78.